The number of rotatable bonds is 4. The first-order chi connectivity index (χ1) is 17.5. The van der Waals surface area contributed by atoms with Gasteiger partial charge in [-0.1, -0.05) is 30.3 Å². The van der Waals surface area contributed by atoms with Crippen molar-refractivity contribution in [3.8, 4) is 0 Å². The van der Waals surface area contributed by atoms with Gasteiger partial charge < -0.3 is 14.6 Å². The minimum absolute atomic E-state index is 0.132. The van der Waals surface area contributed by atoms with Crippen molar-refractivity contribution < 1.29 is 18.7 Å². The van der Waals surface area contributed by atoms with Gasteiger partial charge in [0.2, 0.25) is 0 Å². The summed E-state index contributed by atoms with van der Waals surface area (Å²) in [6.07, 6.45) is 0.493. The number of fused-ring (bicyclic) bond motifs is 4. The van der Waals surface area contributed by atoms with Crippen molar-refractivity contribution in [2.45, 2.75) is 25.4 Å². The van der Waals surface area contributed by atoms with E-state index in [9.17, 15) is 14.0 Å². The van der Waals surface area contributed by atoms with Crippen LogP contribution in [0.4, 0.5) is 10.1 Å². The van der Waals surface area contributed by atoms with Crippen LogP contribution in [0.25, 0.3) is 10.9 Å². The molecule has 8 heteroatoms. The van der Waals surface area contributed by atoms with E-state index in [4.69, 9.17) is 17.0 Å². The third kappa shape index (κ3) is 3.40. The molecule has 0 aliphatic carbocycles. The molecule has 6 rings (SSSR count). The highest BCUT2D eigenvalue weighted by molar-refractivity contribution is 7.80. The quantitative estimate of drug-likeness (QED) is 0.312. The van der Waals surface area contributed by atoms with Gasteiger partial charge >= 0.3 is 5.97 Å². The third-order valence-corrected chi connectivity index (χ3v) is 7.26. The first-order valence-electron chi connectivity index (χ1n) is 11.8. The number of halogens is 1. The van der Waals surface area contributed by atoms with Gasteiger partial charge in [0.25, 0.3) is 5.91 Å². The van der Waals surface area contributed by atoms with Crippen LogP contribution in [0.3, 0.4) is 0 Å². The van der Waals surface area contributed by atoms with E-state index in [1.54, 1.807) is 43.3 Å². The fourth-order valence-electron chi connectivity index (χ4n) is 5.26. The summed E-state index contributed by atoms with van der Waals surface area (Å²) in [4.78, 5) is 32.9. The number of esters is 1. The maximum absolute atomic E-state index is 13.8. The zero-order chi connectivity index (χ0) is 25.0. The average molecular weight is 500 g/mol. The monoisotopic (exact) mass is 499 g/mol. The topological polar surface area (TPSA) is 65.6 Å². The molecule has 0 radical (unpaired) electrons. The predicted octanol–water partition coefficient (Wildman–Crippen LogP) is 5.13. The Bertz CT molecular complexity index is 1510. The first-order valence-corrected chi connectivity index (χ1v) is 12.2. The summed E-state index contributed by atoms with van der Waals surface area (Å²) in [6.45, 7) is 2.03. The number of benzene rings is 3. The van der Waals surface area contributed by atoms with Crippen molar-refractivity contribution in [3.63, 3.8) is 0 Å². The summed E-state index contributed by atoms with van der Waals surface area (Å²) in [5, 5.41) is 1.43. The van der Waals surface area contributed by atoms with Gasteiger partial charge in [-0.2, -0.15) is 0 Å². The summed E-state index contributed by atoms with van der Waals surface area (Å²) in [7, 11) is 0. The van der Waals surface area contributed by atoms with Gasteiger partial charge in [-0.05, 0) is 72.7 Å². The number of thiocarbonyl (C=S) groups is 1. The van der Waals surface area contributed by atoms with Gasteiger partial charge in [0, 0.05) is 23.0 Å². The minimum Gasteiger partial charge on any atom is -0.462 e. The maximum atomic E-state index is 13.8. The van der Waals surface area contributed by atoms with Gasteiger partial charge in [-0.15, -0.1) is 0 Å². The number of H-pyrrole nitrogens is 1. The average Bonchev–Trinajstić information content (AvgIpc) is 3.38. The molecule has 3 aromatic carbocycles. The number of anilines is 1. The highest BCUT2D eigenvalue weighted by atomic mass is 32.1. The Morgan fingerprint density at radius 3 is 2.53 bits per heavy atom. The number of aromatic amines is 1. The van der Waals surface area contributed by atoms with E-state index in [-0.39, 0.29) is 24.4 Å². The van der Waals surface area contributed by atoms with E-state index < -0.39 is 12.0 Å². The molecule has 1 fully saturated rings. The number of ether oxygens (including phenoxy) is 1. The molecule has 2 atom stereocenters. The molecule has 180 valence electrons. The van der Waals surface area contributed by atoms with Crippen molar-refractivity contribution in [1.29, 1.82) is 0 Å². The molecule has 1 aromatic heterocycles. The smallest absolute Gasteiger partial charge is 0.338 e. The van der Waals surface area contributed by atoms with Crippen LogP contribution in [0.15, 0.2) is 72.8 Å². The van der Waals surface area contributed by atoms with E-state index >= 15 is 0 Å². The summed E-state index contributed by atoms with van der Waals surface area (Å²) < 4.78 is 18.9. The Morgan fingerprint density at radius 1 is 1.08 bits per heavy atom. The van der Waals surface area contributed by atoms with Crippen molar-refractivity contribution >= 4 is 45.8 Å². The molecule has 6 nitrogen and oxygen atoms in total. The number of hydrogen-bond acceptors (Lipinski definition) is 4. The summed E-state index contributed by atoms with van der Waals surface area (Å²) in [5.74, 6) is -0.878. The van der Waals surface area contributed by atoms with E-state index in [1.165, 1.54) is 17.0 Å². The Labute approximate surface area is 212 Å². The second kappa shape index (κ2) is 8.57. The van der Waals surface area contributed by atoms with E-state index in [0.717, 1.165) is 27.7 Å². The minimum atomic E-state index is -0.510. The van der Waals surface area contributed by atoms with Gasteiger partial charge in [0.1, 0.15) is 11.9 Å². The number of aromatic nitrogens is 1. The fraction of sp³-hybridized carbons (Fsp3) is 0.179. The van der Waals surface area contributed by atoms with E-state index in [0.29, 0.717) is 22.8 Å². The second-order valence-electron chi connectivity index (χ2n) is 8.87. The molecular formula is C28H22FN3O3S. The number of nitrogens with one attached hydrogen (secondary N) is 1. The molecule has 0 bridgehead atoms. The molecule has 4 aromatic rings. The molecule has 0 saturated carbocycles. The normalized spacial score (nSPS) is 18.9. The molecule has 1 amide bonds. The lowest BCUT2D eigenvalue weighted by molar-refractivity contribution is -0.120. The SMILES string of the molecule is CCOC(=O)c1ccc(N2C(=O)[C@@H]3Cc4c([nH]c5ccccc45)[C@@H](c4ccc(F)cc4)N3C2=S)cc1. The van der Waals surface area contributed by atoms with Crippen molar-refractivity contribution in [1.82, 2.24) is 9.88 Å². The van der Waals surface area contributed by atoms with Gasteiger partial charge in [-0.25, -0.2) is 9.18 Å². The highest BCUT2D eigenvalue weighted by Crippen LogP contribution is 2.45. The Morgan fingerprint density at radius 2 is 1.81 bits per heavy atom. The molecular weight excluding hydrogens is 477 g/mol. The Hall–Kier alpha value is -4.04. The van der Waals surface area contributed by atoms with Crippen LogP contribution in [-0.2, 0) is 16.0 Å². The zero-order valence-corrected chi connectivity index (χ0v) is 20.2. The van der Waals surface area contributed by atoms with Crippen molar-refractivity contribution in [3.05, 3.63) is 101 Å². The molecule has 2 aliphatic heterocycles. The van der Waals surface area contributed by atoms with Gasteiger partial charge in [0.15, 0.2) is 5.11 Å². The molecule has 1 saturated heterocycles. The molecule has 2 aliphatic rings. The summed E-state index contributed by atoms with van der Waals surface area (Å²) >= 11 is 5.89. The number of hydrogen-bond donors (Lipinski definition) is 1. The largest absolute Gasteiger partial charge is 0.462 e. The van der Waals surface area contributed by atoms with Crippen LogP contribution in [-0.4, -0.2) is 39.5 Å². The molecule has 36 heavy (non-hydrogen) atoms. The number of nitrogens with zero attached hydrogens (tertiary/aromatic N) is 2. The molecule has 1 N–H and O–H groups in total. The highest BCUT2D eigenvalue weighted by Gasteiger charge is 2.51. The first kappa shape index (κ1) is 22.4. The Kier molecular flexibility index (Phi) is 5.34. The maximum Gasteiger partial charge on any atom is 0.338 e. The van der Waals surface area contributed by atoms with E-state index in [2.05, 4.69) is 4.98 Å². The standard InChI is InChI=1S/C28H22FN3O3S/c1-2-35-27(34)17-9-13-19(14-10-17)31-26(33)23-15-21-20-5-3-4-6-22(20)30-24(21)25(32(23)28(31)36)16-7-11-18(29)12-8-16/h3-14,23,25,30H,2,15H2,1H3/t23-,25+/m0/s1. The van der Waals surface area contributed by atoms with Crippen LogP contribution in [0.1, 0.15) is 40.1 Å². The van der Waals surface area contributed by atoms with Crippen LogP contribution in [0, 0.1) is 5.82 Å². The number of amides is 1. The fourth-order valence-corrected chi connectivity index (χ4v) is 5.69. The molecule has 3 heterocycles. The van der Waals surface area contributed by atoms with Crippen LogP contribution < -0.4 is 4.90 Å². The van der Waals surface area contributed by atoms with Crippen molar-refractivity contribution in [2.75, 3.05) is 11.5 Å². The zero-order valence-electron chi connectivity index (χ0n) is 19.4. The third-order valence-electron chi connectivity index (χ3n) is 6.87. The summed E-state index contributed by atoms with van der Waals surface area (Å²) in [6, 6.07) is 20.1. The predicted molar refractivity (Wildman–Crippen MR) is 138 cm³/mol. The lowest BCUT2D eigenvalue weighted by Crippen LogP contribution is -2.44. The number of para-hydroxylation sites is 1. The van der Waals surface area contributed by atoms with Crippen LogP contribution >= 0.6 is 12.2 Å². The number of carbonyl (C=O) groups is 2. The van der Waals surface area contributed by atoms with Crippen molar-refractivity contribution in [2.24, 2.45) is 0 Å². The molecule has 0 spiro atoms. The van der Waals surface area contributed by atoms with E-state index in [1.807, 2.05) is 29.2 Å². The van der Waals surface area contributed by atoms with Crippen LogP contribution in [0.5, 0.6) is 0 Å². The lowest BCUT2D eigenvalue weighted by atomic mass is 9.89. The van der Waals surface area contributed by atoms with Crippen LogP contribution in [0.2, 0.25) is 0 Å². The molecule has 0 unspecified atom stereocenters. The lowest BCUT2D eigenvalue weighted by Gasteiger charge is -2.37. The Balaban J connectivity index is 1.44. The second-order valence-corrected chi connectivity index (χ2v) is 9.23. The number of carbonyl (C=O) groups excluding carboxylic acids is 2. The summed E-state index contributed by atoms with van der Waals surface area (Å²) in [5.41, 5.74) is 4.83. The van der Waals surface area contributed by atoms with Gasteiger partial charge in [0.05, 0.1) is 23.9 Å². The van der Waals surface area contributed by atoms with Gasteiger partial charge in [-0.3, -0.25) is 9.69 Å².